The summed E-state index contributed by atoms with van der Waals surface area (Å²) in [5.74, 6) is 1.80. The fourth-order valence-corrected chi connectivity index (χ4v) is 10.5. The minimum absolute atomic E-state index is 0.128. The van der Waals surface area contributed by atoms with Crippen LogP contribution < -0.4 is 9.64 Å². The first-order valence-electron chi connectivity index (χ1n) is 19.6. The molecule has 2 nitrogen and oxygen atoms in total. The summed E-state index contributed by atoms with van der Waals surface area (Å²) in [6.45, 7) is 4.73. The molecule has 9 aromatic carbocycles. The fraction of sp³-hybridized carbons (Fsp3) is 0.0741. The van der Waals surface area contributed by atoms with Crippen LogP contribution in [0.4, 0.5) is 17.1 Å². The Kier molecular flexibility index (Phi) is 6.36. The Morgan fingerprint density at radius 1 is 0.411 bits per heavy atom. The summed E-state index contributed by atoms with van der Waals surface area (Å²) in [5.41, 5.74) is 15.4. The third kappa shape index (κ3) is 4.06. The monoisotopic (exact) mass is 715 g/mol. The molecule has 0 N–H and O–H groups in total. The predicted octanol–water partition coefficient (Wildman–Crippen LogP) is 14.2. The van der Waals surface area contributed by atoms with Gasteiger partial charge in [-0.1, -0.05) is 159 Å². The third-order valence-corrected chi connectivity index (χ3v) is 12.9. The maximum atomic E-state index is 6.85. The lowest BCUT2D eigenvalue weighted by Gasteiger charge is -2.40. The molecule has 0 radical (unpaired) electrons. The van der Waals surface area contributed by atoms with Gasteiger partial charge in [-0.25, -0.2) is 0 Å². The Morgan fingerprint density at radius 3 is 1.91 bits per heavy atom. The molecular formula is C54H37NO. The van der Waals surface area contributed by atoms with Gasteiger partial charge in [0.05, 0.1) is 11.1 Å². The van der Waals surface area contributed by atoms with Crippen molar-refractivity contribution in [1.29, 1.82) is 0 Å². The van der Waals surface area contributed by atoms with Crippen molar-refractivity contribution in [2.45, 2.75) is 24.7 Å². The molecule has 0 saturated heterocycles. The Labute approximate surface area is 326 Å². The zero-order valence-corrected chi connectivity index (χ0v) is 31.3. The molecular weight excluding hydrogens is 679 g/mol. The van der Waals surface area contributed by atoms with Crippen molar-refractivity contribution in [3.8, 4) is 33.8 Å². The smallest absolute Gasteiger partial charge is 0.132 e. The highest BCUT2D eigenvalue weighted by Crippen LogP contribution is 2.64. The molecule has 3 aliphatic rings. The minimum Gasteiger partial charge on any atom is -0.457 e. The normalized spacial score (nSPS) is 16.4. The Balaban J connectivity index is 1.20. The SMILES string of the molecule is CC1(C)c2ccccc2-c2c(N(c3ccc4c(c3)C3(c5ccccc5Oc5ccc6ccccc6c53)c3ccccc3-4)c3ccc4ccccc4c3)cccc21. The van der Waals surface area contributed by atoms with E-state index in [-0.39, 0.29) is 5.41 Å². The lowest BCUT2D eigenvalue weighted by Crippen LogP contribution is -2.32. The standard InChI is InChI=1S/C54H37NO/c1-53(2)43-20-9-8-19-42(43)51-46(53)23-13-24-48(51)55(37-28-26-34-14-3-4-16-36(34)32-37)38-29-30-41-40-18-7-10-21-44(40)54(47(41)33-38)45-22-11-12-25-49(45)56-50-31-27-35-15-5-6-17-39(35)52(50)54/h3-33H,1-2H3. The number of anilines is 3. The van der Waals surface area contributed by atoms with Crippen molar-refractivity contribution in [2.24, 2.45) is 0 Å². The van der Waals surface area contributed by atoms with Crippen molar-refractivity contribution < 1.29 is 4.74 Å². The lowest BCUT2D eigenvalue weighted by molar-refractivity contribution is 0.438. The molecule has 0 aromatic heterocycles. The van der Waals surface area contributed by atoms with Gasteiger partial charge in [0.1, 0.15) is 11.5 Å². The van der Waals surface area contributed by atoms with Gasteiger partial charge in [-0.3, -0.25) is 0 Å². The molecule has 9 aromatic rings. The van der Waals surface area contributed by atoms with Gasteiger partial charge < -0.3 is 9.64 Å². The lowest BCUT2D eigenvalue weighted by atomic mass is 9.65. The number of ether oxygens (including phenoxy) is 1. The van der Waals surface area contributed by atoms with E-state index in [1.54, 1.807) is 0 Å². The number of fused-ring (bicyclic) bond motifs is 15. The summed E-state index contributed by atoms with van der Waals surface area (Å²) in [5, 5.41) is 4.85. The second-order valence-electron chi connectivity index (χ2n) is 16.0. The van der Waals surface area contributed by atoms with Crippen LogP contribution in [0.25, 0.3) is 43.8 Å². The number of hydrogen-bond donors (Lipinski definition) is 0. The van der Waals surface area contributed by atoms with E-state index in [0.29, 0.717) is 0 Å². The maximum absolute atomic E-state index is 6.85. The molecule has 2 aliphatic carbocycles. The number of hydrogen-bond acceptors (Lipinski definition) is 2. The van der Waals surface area contributed by atoms with Gasteiger partial charge in [0.25, 0.3) is 0 Å². The average molecular weight is 716 g/mol. The Morgan fingerprint density at radius 2 is 1.04 bits per heavy atom. The molecule has 264 valence electrons. The van der Waals surface area contributed by atoms with Crippen LogP contribution in [0.3, 0.4) is 0 Å². The van der Waals surface area contributed by atoms with Crippen LogP contribution in [0.5, 0.6) is 11.5 Å². The maximum Gasteiger partial charge on any atom is 0.132 e. The second kappa shape index (κ2) is 11.3. The highest BCUT2D eigenvalue weighted by atomic mass is 16.5. The minimum atomic E-state index is -0.616. The van der Waals surface area contributed by atoms with E-state index in [1.165, 1.54) is 82.9 Å². The third-order valence-electron chi connectivity index (χ3n) is 12.9. The zero-order chi connectivity index (χ0) is 37.2. The van der Waals surface area contributed by atoms with E-state index in [2.05, 4.69) is 207 Å². The molecule has 1 aliphatic heterocycles. The fourth-order valence-electron chi connectivity index (χ4n) is 10.5. The van der Waals surface area contributed by atoms with Crippen molar-refractivity contribution in [2.75, 3.05) is 4.90 Å². The number of rotatable bonds is 3. The van der Waals surface area contributed by atoms with Gasteiger partial charge in [0.2, 0.25) is 0 Å². The number of benzene rings is 9. The average Bonchev–Trinajstić information content (AvgIpc) is 3.66. The van der Waals surface area contributed by atoms with Crippen LogP contribution in [0.2, 0.25) is 0 Å². The van der Waals surface area contributed by atoms with Gasteiger partial charge in [-0.2, -0.15) is 0 Å². The van der Waals surface area contributed by atoms with Crippen LogP contribution in [-0.2, 0) is 10.8 Å². The molecule has 1 heterocycles. The molecule has 56 heavy (non-hydrogen) atoms. The van der Waals surface area contributed by atoms with Crippen molar-refractivity contribution in [3.05, 3.63) is 221 Å². The van der Waals surface area contributed by atoms with Gasteiger partial charge in [-0.05, 0) is 103 Å². The topological polar surface area (TPSA) is 12.5 Å². The van der Waals surface area contributed by atoms with Crippen LogP contribution >= 0.6 is 0 Å². The van der Waals surface area contributed by atoms with Gasteiger partial charge in [0, 0.05) is 33.5 Å². The van der Waals surface area contributed by atoms with Crippen molar-refractivity contribution in [3.63, 3.8) is 0 Å². The zero-order valence-electron chi connectivity index (χ0n) is 31.3. The first kappa shape index (κ1) is 31.5. The highest BCUT2D eigenvalue weighted by molar-refractivity contribution is 6.00. The summed E-state index contributed by atoms with van der Waals surface area (Å²) in [7, 11) is 0. The van der Waals surface area contributed by atoms with Gasteiger partial charge >= 0.3 is 0 Å². The largest absolute Gasteiger partial charge is 0.457 e. The molecule has 0 saturated carbocycles. The highest BCUT2D eigenvalue weighted by Gasteiger charge is 2.52. The van der Waals surface area contributed by atoms with E-state index in [9.17, 15) is 0 Å². The predicted molar refractivity (Wildman–Crippen MR) is 231 cm³/mol. The Bertz CT molecular complexity index is 3120. The van der Waals surface area contributed by atoms with E-state index in [4.69, 9.17) is 4.74 Å². The van der Waals surface area contributed by atoms with E-state index in [0.717, 1.165) is 22.9 Å². The first-order chi connectivity index (χ1) is 27.5. The molecule has 12 rings (SSSR count). The molecule has 1 unspecified atom stereocenters. The van der Waals surface area contributed by atoms with Crippen LogP contribution in [0.1, 0.15) is 47.2 Å². The molecule has 0 amide bonds. The summed E-state index contributed by atoms with van der Waals surface area (Å²) < 4.78 is 6.85. The summed E-state index contributed by atoms with van der Waals surface area (Å²) in [4.78, 5) is 2.51. The Hall–Kier alpha value is -6.90. The molecule has 2 heteroatoms. The van der Waals surface area contributed by atoms with Crippen molar-refractivity contribution in [1.82, 2.24) is 0 Å². The van der Waals surface area contributed by atoms with Crippen molar-refractivity contribution >= 4 is 38.6 Å². The van der Waals surface area contributed by atoms with Gasteiger partial charge in [0.15, 0.2) is 0 Å². The van der Waals surface area contributed by atoms with E-state index in [1.807, 2.05) is 0 Å². The summed E-state index contributed by atoms with van der Waals surface area (Å²) >= 11 is 0. The van der Waals surface area contributed by atoms with Gasteiger partial charge in [-0.15, -0.1) is 0 Å². The van der Waals surface area contributed by atoms with Crippen LogP contribution in [0.15, 0.2) is 188 Å². The number of nitrogens with zero attached hydrogens (tertiary/aromatic N) is 1. The van der Waals surface area contributed by atoms with E-state index >= 15 is 0 Å². The molecule has 0 fully saturated rings. The quantitative estimate of drug-likeness (QED) is 0.181. The second-order valence-corrected chi connectivity index (χ2v) is 16.0. The number of para-hydroxylation sites is 1. The first-order valence-corrected chi connectivity index (χ1v) is 19.6. The summed E-state index contributed by atoms with van der Waals surface area (Å²) in [6, 6.07) is 69.5. The van der Waals surface area contributed by atoms with E-state index < -0.39 is 5.41 Å². The molecule has 0 bridgehead atoms. The summed E-state index contributed by atoms with van der Waals surface area (Å²) in [6.07, 6.45) is 0. The van der Waals surface area contributed by atoms with Crippen LogP contribution in [0, 0.1) is 0 Å². The molecule has 1 spiro atoms. The molecule has 1 atom stereocenters. The van der Waals surface area contributed by atoms with Crippen LogP contribution in [-0.4, -0.2) is 0 Å².